The van der Waals surface area contributed by atoms with Crippen molar-refractivity contribution in [1.29, 1.82) is 0 Å². The average molecular weight is 327 g/mol. The molecule has 3 rings (SSSR count). The molecule has 2 heterocycles. The van der Waals surface area contributed by atoms with Crippen molar-refractivity contribution < 1.29 is 4.74 Å². The maximum absolute atomic E-state index is 5.84. The highest BCUT2D eigenvalue weighted by Crippen LogP contribution is 2.23. The number of pyridine rings is 1. The molecule has 1 atom stereocenters. The Morgan fingerprint density at radius 3 is 2.52 bits per heavy atom. The van der Waals surface area contributed by atoms with Crippen molar-refractivity contribution >= 4 is 24.8 Å². The van der Waals surface area contributed by atoms with Gasteiger partial charge < -0.3 is 4.74 Å². The van der Waals surface area contributed by atoms with Crippen LogP contribution in [0.15, 0.2) is 48.8 Å². The number of hydrogen-bond donors (Lipinski definition) is 0. The Labute approximate surface area is 138 Å². The Kier molecular flexibility index (Phi) is 6.96. The third-order valence-corrected chi connectivity index (χ3v) is 3.70. The van der Waals surface area contributed by atoms with Gasteiger partial charge >= 0.3 is 0 Å². The van der Waals surface area contributed by atoms with Crippen molar-refractivity contribution in [2.24, 2.45) is 0 Å². The lowest BCUT2D eigenvalue weighted by atomic mass is 10.1. The highest BCUT2D eigenvalue weighted by Gasteiger charge is 2.24. The van der Waals surface area contributed by atoms with Crippen LogP contribution < -0.4 is 4.74 Å². The number of nitrogens with zero attached hydrogens (tertiary/aromatic N) is 2. The second-order valence-corrected chi connectivity index (χ2v) is 5.01. The van der Waals surface area contributed by atoms with Gasteiger partial charge in [-0.2, -0.15) is 0 Å². The van der Waals surface area contributed by atoms with Gasteiger partial charge in [-0.05, 0) is 31.6 Å². The van der Waals surface area contributed by atoms with Crippen molar-refractivity contribution in [2.75, 3.05) is 20.2 Å². The molecule has 0 aliphatic carbocycles. The van der Waals surface area contributed by atoms with Gasteiger partial charge in [-0.15, -0.1) is 24.8 Å². The summed E-state index contributed by atoms with van der Waals surface area (Å²) in [7, 11) is 2.14. The van der Waals surface area contributed by atoms with E-state index < -0.39 is 0 Å². The second-order valence-electron chi connectivity index (χ2n) is 5.01. The maximum atomic E-state index is 5.84. The van der Waals surface area contributed by atoms with Crippen molar-refractivity contribution in [3.63, 3.8) is 0 Å². The summed E-state index contributed by atoms with van der Waals surface area (Å²) in [5, 5.41) is 0. The zero-order valence-electron chi connectivity index (χ0n) is 11.9. The van der Waals surface area contributed by atoms with Gasteiger partial charge in [-0.1, -0.05) is 30.3 Å². The Morgan fingerprint density at radius 2 is 1.90 bits per heavy atom. The maximum Gasteiger partial charge on any atom is 0.138 e. The SMILES string of the molecule is CN1CC[C@H]1COc1cncc(-c2ccccc2)c1.Cl.Cl. The fourth-order valence-corrected chi connectivity index (χ4v) is 2.26. The van der Waals surface area contributed by atoms with E-state index in [0.717, 1.165) is 17.9 Å². The Hall–Kier alpha value is -1.29. The molecule has 3 nitrogen and oxygen atoms in total. The molecule has 114 valence electrons. The number of benzene rings is 1. The minimum Gasteiger partial charge on any atom is -0.490 e. The summed E-state index contributed by atoms with van der Waals surface area (Å²) in [5.74, 6) is 0.849. The van der Waals surface area contributed by atoms with Crippen LogP contribution >= 0.6 is 24.8 Å². The smallest absolute Gasteiger partial charge is 0.138 e. The monoisotopic (exact) mass is 326 g/mol. The lowest BCUT2D eigenvalue weighted by molar-refractivity contribution is 0.0768. The summed E-state index contributed by atoms with van der Waals surface area (Å²) in [6, 6.07) is 12.9. The molecule has 0 N–H and O–H groups in total. The fraction of sp³-hybridized carbons (Fsp3) is 0.312. The summed E-state index contributed by atoms with van der Waals surface area (Å²) in [6.45, 7) is 1.92. The van der Waals surface area contributed by atoms with E-state index in [1.54, 1.807) is 6.20 Å². The molecular formula is C16H20Cl2N2O. The van der Waals surface area contributed by atoms with Crippen LogP contribution in [0, 0.1) is 0 Å². The second kappa shape index (κ2) is 8.23. The molecular weight excluding hydrogens is 307 g/mol. The van der Waals surface area contributed by atoms with Crippen molar-refractivity contribution in [3.05, 3.63) is 48.8 Å². The van der Waals surface area contributed by atoms with Crippen molar-refractivity contribution in [1.82, 2.24) is 9.88 Å². The normalized spacial score (nSPS) is 17.1. The minimum atomic E-state index is 0. The predicted molar refractivity (Wildman–Crippen MR) is 90.7 cm³/mol. The van der Waals surface area contributed by atoms with Crippen molar-refractivity contribution in [2.45, 2.75) is 12.5 Å². The van der Waals surface area contributed by atoms with Gasteiger partial charge in [0.25, 0.3) is 0 Å². The van der Waals surface area contributed by atoms with Crippen LogP contribution in [0.5, 0.6) is 5.75 Å². The Morgan fingerprint density at radius 1 is 1.14 bits per heavy atom. The van der Waals surface area contributed by atoms with Gasteiger partial charge in [0.2, 0.25) is 0 Å². The number of halogens is 2. The number of aromatic nitrogens is 1. The van der Waals surface area contributed by atoms with E-state index in [-0.39, 0.29) is 24.8 Å². The molecule has 0 amide bonds. The van der Waals surface area contributed by atoms with E-state index in [0.29, 0.717) is 6.04 Å². The highest BCUT2D eigenvalue weighted by molar-refractivity contribution is 5.85. The molecule has 1 saturated heterocycles. The first-order valence-corrected chi connectivity index (χ1v) is 6.66. The highest BCUT2D eigenvalue weighted by atomic mass is 35.5. The van der Waals surface area contributed by atoms with Crippen LogP contribution in [-0.2, 0) is 0 Å². The Balaban J connectivity index is 0.00000110. The largest absolute Gasteiger partial charge is 0.490 e. The average Bonchev–Trinajstić information content (AvgIpc) is 2.47. The van der Waals surface area contributed by atoms with Gasteiger partial charge in [0, 0.05) is 17.8 Å². The van der Waals surface area contributed by atoms with Crippen LogP contribution in [0.3, 0.4) is 0 Å². The van der Waals surface area contributed by atoms with E-state index in [1.165, 1.54) is 18.5 Å². The van der Waals surface area contributed by atoms with Crippen LogP contribution in [0.4, 0.5) is 0 Å². The first kappa shape index (κ1) is 17.8. The molecule has 1 fully saturated rings. The minimum absolute atomic E-state index is 0. The van der Waals surface area contributed by atoms with Gasteiger partial charge in [0.05, 0.1) is 6.20 Å². The zero-order valence-corrected chi connectivity index (χ0v) is 13.6. The molecule has 1 aliphatic rings. The summed E-state index contributed by atoms with van der Waals surface area (Å²) in [4.78, 5) is 6.58. The molecule has 1 aromatic heterocycles. The topological polar surface area (TPSA) is 25.4 Å². The third-order valence-electron chi connectivity index (χ3n) is 3.70. The molecule has 0 bridgehead atoms. The third kappa shape index (κ3) is 4.34. The molecule has 21 heavy (non-hydrogen) atoms. The van der Waals surface area contributed by atoms with Gasteiger partial charge in [-0.25, -0.2) is 0 Å². The zero-order chi connectivity index (χ0) is 13.1. The summed E-state index contributed by atoms with van der Waals surface area (Å²) in [5.41, 5.74) is 2.27. The molecule has 5 heteroatoms. The summed E-state index contributed by atoms with van der Waals surface area (Å²) < 4.78 is 5.84. The quantitative estimate of drug-likeness (QED) is 0.857. The standard InChI is InChI=1S/C16H18N2O.2ClH/c1-18-8-7-15(18)12-19-16-9-14(10-17-11-16)13-5-3-2-4-6-13;;/h2-6,9-11,15H,7-8,12H2,1H3;2*1H/t15-;;/m0../s1. The molecule has 0 spiro atoms. The molecule has 1 aromatic carbocycles. The molecule has 0 saturated carbocycles. The molecule has 0 unspecified atom stereocenters. The van der Waals surface area contributed by atoms with Gasteiger partial charge in [0.1, 0.15) is 12.4 Å². The van der Waals surface area contributed by atoms with Gasteiger partial charge in [-0.3, -0.25) is 9.88 Å². The number of rotatable bonds is 4. The van der Waals surface area contributed by atoms with Crippen LogP contribution in [-0.4, -0.2) is 36.1 Å². The number of likely N-dealkylation sites (tertiary alicyclic amines) is 1. The fourth-order valence-electron chi connectivity index (χ4n) is 2.26. The van der Waals surface area contributed by atoms with E-state index >= 15 is 0 Å². The summed E-state index contributed by atoms with van der Waals surface area (Å²) in [6.07, 6.45) is 4.88. The predicted octanol–water partition coefficient (Wildman–Crippen LogP) is 3.68. The van der Waals surface area contributed by atoms with Crippen LogP contribution in [0.1, 0.15) is 6.42 Å². The lowest BCUT2D eigenvalue weighted by Crippen LogP contribution is -2.48. The molecule has 2 aromatic rings. The van der Waals surface area contributed by atoms with E-state index in [2.05, 4.69) is 35.1 Å². The van der Waals surface area contributed by atoms with Crippen molar-refractivity contribution in [3.8, 4) is 16.9 Å². The number of hydrogen-bond acceptors (Lipinski definition) is 3. The molecule has 1 aliphatic heterocycles. The van der Waals surface area contributed by atoms with Crippen LogP contribution in [0.2, 0.25) is 0 Å². The van der Waals surface area contributed by atoms with Gasteiger partial charge in [0.15, 0.2) is 0 Å². The molecule has 0 radical (unpaired) electrons. The van der Waals surface area contributed by atoms with E-state index in [4.69, 9.17) is 4.74 Å². The van der Waals surface area contributed by atoms with E-state index in [9.17, 15) is 0 Å². The Bertz CT molecular complexity index is 551. The summed E-state index contributed by atoms with van der Waals surface area (Å²) >= 11 is 0. The first-order chi connectivity index (χ1) is 9.33. The first-order valence-electron chi connectivity index (χ1n) is 6.66. The lowest BCUT2D eigenvalue weighted by Gasteiger charge is -2.37. The van der Waals surface area contributed by atoms with Crippen LogP contribution in [0.25, 0.3) is 11.1 Å². The number of ether oxygens (including phenoxy) is 1. The van der Waals surface area contributed by atoms with E-state index in [1.807, 2.05) is 24.4 Å². The number of likely N-dealkylation sites (N-methyl/N-ethyl adjacent to an activating group) is 1.